The molecule has 17 heavy (non-hydrogen) atoms. The van der Waals surface area contributed by atoms with E-state index >= 15 is 0 Å². The zero-order valence-corrected chi connectivity index (χ0v) is 11.1. The first-order valence-electron chi connectivity index (χ1n) is 5.66. The van der Waals surface area contributed by atoms with Gasteiger partial charge in [-0.25, -0.2) is 4.98 Å². The molecule has 0 radical (unpaired) electrons. The Bertz CT molecular complexity index is 444. The van der Waals surface area contributed by atoms with Gasteiger partial charge in [0.1, 0.15) is 5.60 Å². The van der Waals surface area contributed by atoms with Crippen LogP contribution in [0.2, 0.25) is 0 Å². The predicted octanol–water partition coefficient (Wildman–Crippen LogP) is 1.21. The zero-order valence-electron chi connectivity index (χ0n) is 9.56. The van der Waals surface area contributed by atoms with Gasteiger partial charge in [-0.2, -0.15) is 4.98 Å². The summed E-state index contributed by atoms with van der Waals surface area (Å²) in [6.45, 7) is 1.25. The fourth-order valence-electron chi connectivity index (χ4n) is 2.27. The lowest BCUT2D eigenvalue weighted by Crippen LogP contribution is -2.63. The Hall–Kier alpha value is -0.880. The summed E-state index contributed by atoms with van der Waals surface area (Å²) in [5, 5.41) is 10.2. The third-order valence-corrected chi connectivity index (χ3v) is 3.99. The number of anilines is 1. The van der Waals surface area contributed by atoms with Crippen molar-refractivity contribution in [3.63, 3.8) is 0 Å². The molecule has 2 aliphatic rings. The first-order chi connectivity index (χ1) is 8.12. The molecule has 0 spiro atoms. The first kappa shape index (κ1) is 11.2. The van der Waals surface area contributed by atoms with Crippen LogP contribution >= 0.6 is 15.9 Å². The Balaban J connectivity index is 1.74. The molecule has 0 aromatic carbocycles. The summed E-state index contributed by atoms with van der Waals surface area (Å²) in [6, 6.07) is 0. The average molecular weight is 300 g/mol. The molecule has 0 amide bonds. The minimum atomic E-state index is -0.510. The van der Waals surface area contributed by atoms with Gasteiger partial charge in [0, 0.05) is 0 Å². The summed E-state index contributed by atoms with van der Waals surface area (Å²) in [7, 11) is 1.58. The average Bonchev–Trinajstić information content (AvgIpc) is 3.10. The van der Waals surface area contributed by atoms with Gasteiger partial charge in [0.25, 0.3) is 0 Å². The molecule has 1 aliphatic heterocycles. The summed E-state index contributed by atoms with van der Waals surface area (Å²) in [6.07, 6.45) is 3.97. The molecule has 1 aliphatic carbocycles. The van der Waals surface area contributed by atoms with Crippen LogP contribution in [-0.4, -0.2) is 40.9 Å². The summed E-state index contributed by atoms with van der Waals surface area (Å²) in [5.41, 5.74) is -0.510. The largest absolute Gasteiger partial charge is 0.480 e. The number of hydrogen-bond acceptors (Lipinski definition) is 5. The maximum atomic E-state index is 10.2. The normalized spacial score (nSPS) is 22.2. The molecule has 6 heteroatoms. The summed E-state index contributed by atoms with van der Waals surface area (Å²) in [4.78, 5) is 10.5. The highest BCUT2D eigenvalue weighted by Gasteiger charge is 2.52. The van der Waals surface area contributed by atoms with Gasteiger partial charge in [0.2, 0.25) is 11.8 Å². The molecular formula is C11H14BrN3O2. The Morgan fingerprint density at radius 2 is 2.24 bits per heavy atom. The van der Waals surface area contributed by atoms with Crippen molar-refractivity contribution in [3.05, 3.63) is 10.7 Å². The molecule has 1 N–H and O–H groups in total. The minimum Gasteiger partial charge on any atom is -0.480 e. The maximum absolute atomic E-state index is 10.2. The second-order valence-electron chi connectivity index (χ2n) is 4.76. The van der Waals surface area contributed by atoms with Crippen LogP contribution in [0.1, 0.15) is 12.8 Å². The Morgan fingerprint density at radius 1 is 1.53 bits per heavy atom. The fraction of sp³-hybridized carbons (Fsp3) is 0.636. The van der Waals surface area contributed by atoms with E-state index in [2.05, 4.69) is 25.9 Å². The van der Waals surface area contributed by atoms with Crippen LogP contribution in [0.3, 0.4) is 0 Å². The smallest absolute Gasteiger partial charge is 0.232 e. The quantitative estimate of drug-likeness (QED) is 0.909. The van der Waals surface area contributed by atoms with Gasteiger partial charge in [-0.1, -0.05) is 0 Å². The van der Waals surface area contributed by atoms with E-state index in [0.29, 0.717) is 30.8 Å². The topological polar surface area (TPSA) is 58.5 Å². The molecule has 0 bridgehead atoms. The van der Waals surface area contributed by atoms with Crippen LogP contribution < -0.4 is 9.64 Å². The van der Waals surface area contributed by atoms with Crippen molar-refractivity contribution in [3.8, 4) is 5.88 Å². The molecule has 1 aromatic heterocycles. The number of nitrogens with zero attached hydrogens (tertiary/aromatic N) is 3. The maximum Gasteiger partial charge on any atom is 0.232 e. The number of aromatic nitrogens is 2. The molecular weight excluding hydrogens is 286 g/mol. The molecule has 2 fully saturated rings. The SMILES string of the molecule is COc1nc(N2CC(O)(C3CC3)C2)ncc1Br. The number of hydrogen-bond donors (Lipinski definition) is 1. The molecule has 2 heterocycles. The van der Waals surface area contributed by atoms with Crippen molar-refractivity contribution in [2.75, 3.05) is 25.1 Å². The molecule has 1 saturated carbocycles. The highest BCUT2D eigenvalue weighted by Crippen LogP contribution is 2.45. The third kappa shape index (κ3) is 1.89. The first-order valence-corrected chi connectivity index (χ1v) is 6.45. The predicted molar refractivity (Wildman–Crippen MR) is 66.2 cm³/mol. The highest BCUT2D eigenvalue weighted by molar-refractivity contribution is 9.10. The van der Waals surface area contributed by atoms with Gasteiger partial charge in [0.15, 0.2) is 0 Å². The summed E-state index contributed by atoms with van der Waals surface area (Å²) in [5.74, 6) is 1.63. The van der Waals surface area contributed by atoms with Crippen molar-refractivity contribution in [2.45, 2.75) is 18.4 Å². The Labute approximate surface area is 108 Å². The lowest BCUT2D eigenvalue weighted by atomic mass is 9.89. The molecule has 0 unspecified atom stereocenters. The Kier molecular flexibility index (Phi) is 2.52. The molecule has 1 saturated heterocycles. The monoisotopic (exact) mass is 299 g/mol. The number of ether oxygens (including phenoxy) is 1. The fourth-order valence-corrected chi connectivity index (χ4v) is 2.63. The van der Waals surface area contributed by atoms with Crippen LogP contribution in [0.5, 0.6) is 5.88 Å². The van der Waals surface area contributed by atoms with E-state index < -0.39 is 5.60 Å². The van der Waals surface area contributed by atoms with E-state index in [1.54, 1.807) is 13.3 Å². The molecule has 0 atom stereocenters. The van der Waals surface area contributed by atoms with E-state index in [1.807, 2.05) is 4.90 Å². The molecule has 3 rings (SSSR count). The van der Waals surface area contributed by atoms with Gasteiger partial charge in [0.05, 0.1) is 30.9 Å². The van der Waals surface area contributed by atoms with Gasteiger partial charge in [-0.05, 0) is 34.7 Å². The van der Waals surface area contributed by atoms with Gasteiger partial charge in [-0.3, -0.25) is 0 Å². The number of rotatable bonds is 3. The van der Waals surface area contributed by atoms with Crippen molar-refractivity contribution in [1.29, 1.82) is 0 Å². The van der Waals surface area contributed by atoms with Crippen LogP contribution in [-0.2, 0) is 0 Å². The number of methoxy groups -OCH3 is 1. The van der Waals surface area contributed by atoms with E-state index in [-0.39, 0.29) is 0 Å². The van der Waals surface area contributed by atoms with E-state index in [4.69, 9.17) is 4.74 Å². The van der Waals surface area contributed by atoms with Crippen molar-refractivity contribution >= 4 is 21.9 Å². The lowest BCUT2D eigenvalue weighted by molar-refractivity contribution is -0.0103. The zero-order chi connectivity index (χ0) is 12.0. The standard InChI is InChI=1S/C11H14BrN3O2/c1-17-9-8(12)4-13-10(14-9)15-5-11(16,6-15)7-2-3-7/h4,7,16H,2-3,5-6H2,1H3. The lowest BCUT2D eigenvalue weighted by Gasteiger charge is -2.46. The van der Waals surface area contributed by atoms with Gasteiger partial charge >= 0.3 is 0 Å². The van der Waals surface area contributed by atoms with Crippen LogP contribution in [0.25, 0.3) is 0 Å². The van der Waals surface area contributed by atoms with E-state index in [9.17, 15) is 5.11 Å². The Morgan fingerprint density at radius 3 is 2.82 bits per heavy atom. The molecule has 5 nitrogen and oxygen atoms in total. The highest BCUT2D eigenvalue weighted by atomic mass is 79.9. The van der Waals surface area contributed by atoms with E-state index in [1.165, 1.54) is 0 Å². The van der Waals surface area contributed by atoms with Crippen molar-refractivity contribution in [1.82, 2.24) is 9.97 Å². The molecule has 1 aromatic rings. The van der Waals surface area contributed by atoms with Crippen LogP contribution in [0.4, 0.5) is 5.95 Å². The molecule has 92 valence electrons. The van der Waals surface area contributed by atoms with Crippen molar-refractivity contribution in [2.24, 2.45) is 5.92 Å². The number of aliphatic hydroxyl groups is 1. The van der Waals surface area contributed by atoms with Gasteiger partial charge in [-0.15, -0.1) is 0 Å². The number of halogens is 1. The third-order valence-electron chi connectivity index (χ3n) is 3.44. The second kappa shape index (κ2) is 3.81. The van der Waals surface area contributed by atoms with Crippen LogP contribution in [0.15, 0.2) is 10.7 Å². The second-order valence-corrected chi connectivity index (χ2v) is 5.62. The minimum absolute atomic E-state index is 0.482. The van der Waals surface area contributed by atoms with E-state index in [0.717, 1.165) is 17.3 Å². The summed E-state index contributed by atoms with van der Waals surface area (Å²) >= 11 is 3.32. The number of β-amino-alcohol motifs (C(OH)–C–C–N with tert-alkyl or cyclic N) is 1. The van der Waals surface area contributed by atoms with Gasteiger partial charge < -0.3 is 14.7 Å². The van der Waals surface area contributed by atoms with Crippen molar-refractivity contribution < 1.29 is 9.84 Å². The van der Waals surface area contributed by atoms with Crippen LogP contribution in [0, 0.1) is 5.92 Å². The summed E-state index contributed by atoms with van der Waals surface area (Å²) < 4.78 is 5.87.